The zero-order valence-corrected chi connectivity index (χ0v) is 28.5. The molecule has 236 valence electrons. The Morgan fingerprint density at radius 1 is 1.02 bits per heavy atom. The smallest absolute Gasteiger partial charge is 0.330 e. The number of hydrogen-bond acceptors (Lipinski definition) is 10. The van der Waals surface area contributed by atoms with E-state index in [0.29, 0.717) is 0 Å². The lowest BCUT2D eigenvalue weighted by atomic mass is 10.00. The third-order valence-electron chi connectivity index (χ3n) is 8.93. The summed E-state index contributed by atoms with van der Waals surface area (Å²) in [6.07, 6.45) is -3.86. The molecule has 2 N–H and O–H groups in total. The van der Waals surface area contributed by atoms with Crippen LogP contribution >= 0.6 is 0 Å². The Bertz CT molecular complexity index is 1300. The van der Waals surface area contributed by atoms with Crippen LogP contribution < -0.4 is 16.6 Å². The van der Waals surface area contributed by atoms with Crippen LogP contribution in [0.15, 0.2) is 27.0 Å². The van der Waals surface area contributed by atoms with E-state index >= 15 is 0 Å². The second-order valence-electron chi connectivity index (χ2n) is 13.9. The molecule has 2 aliphatic heterocycles. The molecule has 0 spiro atoms. The van der Waals surface area contributed by atoms with Crippen molar-refractivity contribution in [2.24, 2.45) is 5.11 Å². The van der Waals surface area contributed by atoms with Crippen LogP contribution in [-0.4, -0.2) is 82.5 Å². The van der Waals surface area contributed by atoms with Crippen molar-refractivity contribution in [1.29, 1.82) is 0 Å². The number of esters is 1. The van der Waals surface area contributed by atoms with Crippen molar-refractivity contribution in [3.63, 3.8) is 0 Å². The number of carbonyl (C=O) groups is 1. The first kappa shape index (κ1) is 34.2. The molecule has 7 atom stereocenters. The second kappa shape index (κ2) is 12.4. The number of aromatic nitrogens is 2. The van der Waals surface area contributed by atoms with Gasteiger partial charge in [0.2, 0.25) is 0 Å². The van der Waals surface area contributed by atoms with Gasteiger partial charge in [0.25, 0.3) is 5.56 Å². The lowest BCUT2D eigenvalue weighted by Gasteiger charge is -2.44. The van der Waals surface area contributed by atoms with Crippen LogP contribution in [0, 0.1) is 0 Å². The van der Waals surface area contributed by atoms with Gasteiger partial charge in [-0.15, -0.1) is 0 Å². The van der Waals surface area contributed by atoms with Crippen molar-refractivity contribution in [2.75, 3.05) is 13.7 Å². The van der Waals surface area contributed by atoms with E-state index in [0.717, 1.165) is 0 Å². The van der Waals surface area contributed by atoms with Crippen LogP contribution in [0.2, 0.25) is 36.3 Å². The summed E-state index contributed by atoms with van der Waals surface area (Å²) < 4.78 is 33.3. The van der Waals surface area contributed by atoms with E-state index in [1.54, 1.807) is 0 Å². The van der Waals surface area contributed by atoms with Gasteiger partial charge in [-0.25, -0.2) is 4.79 Å². The standard InChI is InChI=1S/C26H46N6O8Si2/c1-25(2,3)41(8,9)39-20-19(18-17(23(34)36-7)30-16(37-18)14-28-31-27)38-22(32-13-12-15(33)29-24(32)35)21(20)40-42(10,11)26(4,5)6/h12-13,16-22,30H,14H2,1-11H3,(H,29,33,35)/t16?,17-,18-,19+,20+,21+,22+/m0/s1. The average molecular weight is 627 g/mol. The van der Waals surface area contributed by atoms with Crippen molar-refractivity contribution in [3.05, 3.63) is 43.5 Å². The molecule has 2 fully saturated rings. The molecular formula is C26H46N6O8Si2. The van der Waals surface area contributed by atoms with Crippen molar-refractivity contribution in [3.8, 4) is 0 Å². The molecule has 0 aliphatic carbocycles. The van der Waals surface area contributed by atoms with Gasteiger partial charge < -0.3 is 23.1 Å². The molecule has 14 nitrogen and oxygen atoms in total. The highest BCUT2D eigenvalue weighted by Gasteiger charge is 2.59. The summed E-state index contributed by atoms with van der Waals surface area (Å²) >= 11 is 0. The third kappa shape index (κ3) is 7.08. The predicted octanol–water partition coefficient (Wildman–Crippen LogP) is 3.38. The van der Waals surface area contributed by atoms with Crippen LogP contribution in [0.1, 0.15) is 47.8 Å². The summed E-state index contributed by atoms with van der Waals surface area (Å²) in [5.74, 6) is -0.593. The maximum absolute atomic E-state index is 13.1. The summed E-state index contributed by atoms with van der Waals surface area (Å²) in [7, 11) is -3.77. The minimum Gasteiger partial charge on any atom is -0.468 e. The van der Waals surface area contributed by atoms with Gasteiger partial charge in [0, 0.05) is 17.2 Å². The fourth-order valence-corrected chi connectivity index (χ4v) is 7.07. The zero-order chi connectivity index (χ0) is 31.8. The van der Waals surface area contributed by atoms with E-state index in [2.05, 4.69) is 88.1 Å². The minimum absolute atomic E-state index is 0.0757. The highest BCUT2D eigenvalue weighted by Crippen LogP contribution is 2.47. The predicted molar refractivity (Wildman–Crippen MR) is 161 cm³/mol. The van der Waals surface area contributed by atoms with Crippen LogP contribution in [0.25, 0.3) is 10.4 Å². The van der Waals surface area contributed by atoms with E-state index in [1.807, 2.05) is 0 Å². The molecule has 1 aromatic heterocycles. The van der Waals surface area contributed by atoms with Gasteiger partial charge in [0.05, 0.1) is 13.7 Å². The maximum Gasteiger partial charge on any atom is 0.330 e. The van der Waals surface area contributed by atoms with E-state index in [9.17, 15) is 14.4 Å². The fraction of sp³-hybridized carbons (Fsp3) is 0.808. The maximum atomic E-state index is 13.1. The van der Waals surface area contributed by atoms with Crippen molar-refractivity contribution in [1.82, 2.24) is 14.9 Å². The molecule has 3 rings (SSSR count). The number of rotatable bonds is 9. The Morgan fingerprint density at radius 2 is 1.60 bits per heavy atom. The Balaban J connectivity index is 2.22. The number of hydrogen-bond donors (Lipinski definition) is 2. The Labute approximate surface area is 248 Å². The van der Waals surface area contributed by atoms with Crippen LogP contribution in [0.4, 0.5) is 0 Å². The highest BCUT2D eigenvalue weighted by molar-refractivity contribution is 6.74. The molecule has 1 unspecified atom stereocenters. The molecular weight excluding hydrogens is 580 g/mol. The molecule has 3 heterocycles. The van der Waals surface area contributed by atoms with Crippen LogP contribution in [0.3, 0.4) is 0 Å². The summed E-state index contributed by atoms with van der Waals surface area (Å²) in [5.41, 5.74) is 7.65. The molecule has 0 aromatic carbocycles. The van der Waals surface area contributed by atoms with Crippen LogP contribution in [0.5, 0.6) is 0 Å². The lowest BCUT2D eigenvalue weighted by molar-refractivity contribution is -0.149. The minimum atomic E-state index is -2.52. The number of methoxy groups -OCH3 is 1. The SMILES string of the molecule is COC(=O)[C@H]1NC(CN=[N+]=[N-])O[C@@H]1[C@H]1O[C@@H](n2ccc(=O)[nH]c2=O)[C@H](O[Si](C)(C)C(C)(C)C)[C@@H]1O[Si](C)(C)C(C)(C)C. The quantitative estimate of drug-likeness (QED) is 0.137. The van der Waals surface area contributed by atoms with Gasteiger partial charge >= 0.3 is 11.7 Å². The van der Waals surface area contributed by atoms with E-state index in [-0.39, 0.29) is 16.6 Å². The molecule has 16 heteroatoms. The number of carbonyl (C=O) groups excluding carboxylic acids is 1. The Hall–Kier alpha value is -2.31. The van der Waals surface area contributed by atoms with Gasteiger partial charge in [0.1, 0.15) is 36.7 Å². The second-order valence-corrected chi connectivity index (χ2v) is 23.4. The van der Waals surface area contributed by atoms with E-state index in [1.165, 1.54) is 23.9 Å². The van der Waals surface area contributed by atoms with Gasteiger partial charge in [-0.3, -0.25) is 24.5 Å². The van der Waals surface area contributed by atoms with E-state index < -0.39 is 76.8 Å². The van der Waals surface area contributed by atoms with Crippen LogP contribution in [-0.2, 0) is 27.9 Å². The summed E-state index contributed by atoms with van der Waals surface area (Å²) in [6.45, 7) is 21.0. The van der Waals surface area contributed by atoms with Gasteiger partial charge in [-0.2, -0.15) is 0 Å². The number of nitrogens with zero attached hydrogens (tertiary/aromatic N) is 4. The molecule has 0 radical (unpaired) electrons. The van der Waals surface area contributed by atoms with Crippen molar-refractivity contribution >= 4 is 22.6 Å². The topological polar surface area (TPSA) is 179 Å². The summed E-state index contributed by atoms with van der Waals surface area (Å²) in [4.78, 5) is 43.1. The number of ether oxygens (including phenoxy) is 3. The number of H-pyrrole nitrogens is 1. The molecule has 1 aromatic rings. The number of azide groups is 1. The molecule has 2 aliphatic rings. The van der Waals surface area contributed by atoms with Crippen molar-refractivity contribution in [2.45, 2.75) is 121 Å². The van der Waals surface area contributed by atoms with Gasteiger partial charge in [-0.05, 0) is 41.8 Å². The molecule has 42 heavy (non-hydrogen) atoms. The zero-order valence-electron chi connectivity index (χ0n) is 26.5. The van der Waals surface area contributed by atoms with Gasteiger partial charge in [-0.1, -0.05) is 46.7 Å². The third-order valence-corrected chi connectivity index (χ3v) is 17.9. The van der Waals surface area contributed by atoms with E-state index in [4.69, 9.17) is 28.6 Å². The molecule has 0 bridgehead atoms. The summed E-state index contributed by atoms with van der Waals surface area (Å²) in [6, 6.07) is 0.260. The first-order valence-electron chi connectivity index (χ1n) is 14.1. The average Bonchev–Trinajstić information content (AvgIpc) is 3.42. The Kier molecular flexibility index (Phi) is 10.1. The Morgan fingerprint density at radius 3 is 2.10 bits per heavy atom. The van der Waals surface area contributed by atoms with Crippen molar-refractivity contribution < 1.29 is 27.9 Å². The largest absolute Gasteiger partial charge is 0.468 e. The fourth-order valence-electron chi connectivity index (χ4n) is 4.48. The highest BCUT2D eigenvalue weighted by atomic mass is 28.4. The normalized spacial score (nSPS) is 28.9. The molecule has 0 amide bonds. The first-order chi connectivity index (χ1) is 19.2. The first-order valence-corrected chi connectivity index (χ1v) is 19.9. The molecule has 2 saturated heterocycles. The lowest BCUT2D eigenvalue weighted by Crippen LogP contribution is -2.57. The number of nitrogens with one attached hydrogen (secondary N) is 2. The van der Waals surface area contributed by atoms with Gasteiger partial charge in [0.15, 0.2) is 22.9 Å². The monoisotopic (exact) mass is 626 g/mol. The number of aromatic amines is 1. The summed E-state index contributed by atoms with van der Waals surface area (Å²) in [5, 5.41) is 6.24. The molecule has 0 saturated carbocycles.